The molecule has 4 nitrogen and oxygen atoms in total. The number of nitrogens with zero attached hydrogens (tertiary/aromatic N) is 2. The van der Waals surface area contributed by atoms with Crippen LogP contribution in [0.4, 0.5) is 0 Å². The zero-order valence-electron chi connectivity index (χ0n) is 6.02. The monoisotopic (exact) mass is 152 g/mol. The third-order valence-electron chi connectivity index (χ3n) is 1.28. The lowest BCUT2D eigenvalue weighted by atomic mass is 10.2. The average molecular weight is 152 g/mol. The molecule has 0 radical (unpaired) electrons. The fourth-order valence-electron chi connectivity index (χ4n) is 0.723. The van der Waals surface area contributed by atoms with Gasteiger partial charge in [0.1, 0.15) is 17.2 Å². The van der Waals surface area contributed by atoms with Crippen LogP contribution in [0.15, 0.2) is 23.5 Å². The van der Waals surface area contributed by atoms with Gasteiger partial charge in [-0.15, -0.1) is 0 Å². The van der Waals surface area contributed by atoms with Crippen LogP contribution >= 0.6 is 0 Å². The van der Waals surface area contributed by atoms with Crippen molar-refractivity contribution >= 4 is 5.71 Å². The number of hydrogen-bond donors (Lipinski definition) is 2. The van der Waals surface area contributed by atoms with Crippen LogP contribution < -0.4 is 0 Å². The van der Waals surface area contributed by atoms with Gasteiger partial charge in [-0.1, -0.05) is 5.16 Å². The summed E-state index contributed by atoms with van der Waals surface area (Å²) in [6.07, 6.45) is 1.52. The minimum atomic E-state index is 0.0165. The zero-order valence-corrected chi connectivity index (χ0v) is 6.02. The lowest BCUT2D eigenvalue weighted by Crippen LogP contribution is -1.97. The van der Waals surface area contributed by atoms with E-state index in [-0.39, 0.29) is 5.75 Å². The van der Waals surface area contributed by atoms with Gasteiger partial charge >= 0.3 is 0 Å². The van der Waals surface area contributed by atoms with Crippen LogP contribution in [0.1, 0.15) is 12.6 Å². The number of oxime groups is 1. The molecular formula is C7H8N2O2. The fraction of sp³-hybridized carbons (Fsp3) is 0.143. The van der Waals surface area contributed by atoms with Crippen LogP contribution in [0.2, 0.25) is 0 Å². The summed E-state index contributed by atoms with van der Waals surface area (Å²) in [7, 11) is 0. The maximum Gasteiger partial charge on any atom is 0.143 e. The predicted molar refractivity (Wildman–Crippen MR) is 39.9 cm³/mol. The standard InChI is InChI=1S/C7H8N2O2/c1-5(9-11)7-6(10)3-2-4-8-7/h2-4,10-11H,1H3/b9-5-. The number of aromatic hydroxyl groups is 1. The van der Waals surface area contributed by atoms with Gasteiger partial charge in [-0.05, 0) is 19.1 Å². The Morgan fingerprint density at radius 3 is 2.91 bits per heavy atom. The molecule has 0 bridgehead atoms. The van der Waals surface area contributed by atoms with Crippen molar-refractivity contribution in [1.29, 1.82) is 0 Å². The van der Waals surface area contributed by atoms with Crippen molar-refractivity contribution in [2.24, 2.45) is 5.16 Å². The van der Waals surface area contributed by atoms with E-state index in [4.69, 9.17) is 10.3 Å². The molecule has 2 N–H and O–H groups in total. The minimum Gasteiger partial charge on any atom is -0.506 e. The molecule has 0 unspecified atom stereocenters. The van der Waals surface area contributed by atoms with E-state index in [0.29, 0.717) is 11.4 Å². The van der Waals surface area contributed by atoms with Crippen LogP contribution in [0.5, 0.6) is 5.75 Å². The van der Waals surface area contributed by atoms with Crippen molar-refractivity contribution in [2.45, 2.75) is 6.92 Å². The summed E-state index contributed by atoms with van der Waals surface area (Å²) in [6, 6.07) is 3.08. The highest BCUT2D eigenvalue weighted by Crippen LogP contribution is 2.12. The lowest BCUT2D eigenvalue weighted by molar-refractivity contribution is 0.318. The Kier molecular flexibility index (Phi) is 2.06. The van der Waals surface area contributed by atoms with Crippen LogP contribution in [0.3, 0.4) is 0 Å². The van der Waals surface area contributed by atoms with Gasteiger partial charge in [-0.3, -0.25) is 4.98 Å². The molecule has 0 aliphatic rings. The minimum absolute atomic E-state index is 0.0165. The normalized spacial score (nSPS) is 11.5. The Bertz CT molecular complexity index is 284. The molecule has 1 heterocycles. The van der Waals surface area contributed by atoms with Crippen LogP contribution in [-0.4, -0.2) is 21.0 Å². The van der Waals surface area contributed by atoms with Crippen molar-refractivity contribution in [3.8, 4) is 5.75 Å². The number of aromatic nitrogens is 1. The van der Waals surface area contributed by atoms with E-state index < -0.39 is 0 Å². The van der Waals surface area contributed by atoms with Gasteiger partial charge in [0.25, 0.3) is 0 Å². The average Bonchev–Trinajstić information content (AvgIpc) is 2.04. The number of rotatable bonds is 1. The molecule has 11 heavy (non-hydrogen) atoms. The molecule has 0 saturated heterocycles. The summed E-state index contributed by atoms with van der Waals surface area (Å²) < 4.78 is 0. The molecule has 1 aromatic rings. The van der Waals surface area contributed by atoms with Crippen molar-refractivity contribution in [2.75, 3.05) is 0 Å². The SMILES string of the molecule is C/C(=N/O)c1ncccc1O. The molecule has 0 aliphatic heterocycles. The van der Waals surface area contributed by atoms with Crippen molar-refractivity contribution < 1.29 is 10.3 Å². The van der Waals surface area contributed by atoms with Gasteiger partial charge in [-0.25, -0.2) is 0 Å². The summed E-state index contributed by atoms with van der Waals surface area (Å²) in [6.45, 7) is 1.56. The maximum absolute atomic E-state index is 9.16. The maximum atomic E-state index is 9.16. The van der Waals surface area contributed by atoms with Crippen LogP contribution in [0, 0.1) is 0 Å². The van der Waals surface area contributed by atoms with E-state index in [1.807, 2.05) is 0 Å². The van der Waals surface area contributed by atoms with Gasteiger partial charge in [0, 0.05) is 6.20 Å². The van der Waals surface area contributed by atoms with E-state index in [9.17, 15) is 0 Å². The molecule has 1 aromatic heterocycles. The Labute approximate surface area is 63.8 Å². The summed E-state index contributed by atoms with van der Waals surface area (Å²) in [5.74, 6) is 0.0165. The molecule has 0 aliphatic carbocycles. The first-order valence-corrected chi connectivity index (χ1v) is 3.08. The number of pyridine rings is 1. The Morgan fingerprint density at radius 2 is 2.36 bits per heavy atom. The molecule has 1 rings (SSSR count). The Morgan fingerprint density at radius 1 is 1.64 bits per heavy atom. The highest BCUT2D eigenvalue weighted by atomic mass is 16.4. The molecule has 4 heteroatoms. The smallest absolute Gasteiger partial charge is 0.143 e. The largest absolute Gasteiger partial charge is 0.506 e. The van der Waals surface area contributed by atoms with Gasteiger partial charge < -0.3 is 10.3 Å². The molecule has 0 atom stereocenters. The molecular weight excluding hydrogens is 144 g/mol. The Balaban J connectivity index is 3.14. The molecule has 0 saturated carbocycles. The quantitative estimate of drug-likeness (QED) is 0.358. The third-order valence-corrected chi connectivity index (χ3v) is 1.28. The highest BCUT2D eigenvalue weighted by molar-refractivity contribution is 5.98. The summed E-state index contributed by atoms with van der Waals surface area (Å²) in [5.41, 5.74) is 0.595. The third kappa shape index (κ3) is 1.46. The molecule has 58 valence electrons. The predicted octanol–water partition coefficient (Wildman–Crippen LogP) is 0.985. The second kappa shape index (κ2) is 3.01. The highest BCUT2D eigenvalue weighted by Gasteiger charge is 2.03. The number of hydrogen-bond acceptors (Lipinski definition) is 4. The van der Waals surface area contributed by atoms with E-state index in [1.54, 1.807) is 13.0 Å². The first-order chi connectivity index (χ1) is 5.25. The first kappa shape index (κ1) is 7.53. The van der Waals surface area contributed by atoms with Gasteiger partial charge in [-0.2, -0.15) is 0 Å². The van der Waals surface area contributed by atoms with E-state index >= 15 is 0 Å². The summed E-state index contributed by atoms with van der Waals surface area (Å²) in [5, 5.41) is 20.4. The van der Waals surface area contributed by atoms with Crippen LogP contribution in [-0.2, 0) is 0 Å². The summed E-state index contributed by atoms with van der Waals surface area (Å²) >= 11 is 0. The van der Waals surface area contributed by atoms with Gasteiger partial charge in [0.15, 0.2) is 0 Å². The second-order valence-electron chi connectivity index (χ2n) is 2.06. The fourth-order valence-corrected chi connectivity index (χ4v) is 0.723. The van der Waals surface area contributed by atoms with Crippen molar-refractivity contribution in [3.63, 3.8) is 0 Å². The first-order valence-electron chi connectivity index (χ1n) is 3.08. The van der Waals surface area contributed by atoms with Gasteiger partial charge in [0.2, 0.25) is 0 Å². The van der Waals surface area contributed by atoms with E-state index in [0.717, 1.165) is 0 Å². The summed E-state index contributed by atoms with van der Waals surface area (Å²) in [4.78, 5) is 3.81. The van der Waals surface area contributed by atoms with E-state index in [1.165, 1.54) is 12.3 Å². The van der Waals surface area contributed by atoms with Crippen molar-refractivity contribution in [1.82, 2.24) is 4.98 Å². The van der Waals surface area contributed by atoms with Crippen molar-refractivity contribution in [3.05, 3.63) is 24.0 Å². The Hall–Kier alpha value is -1.58. The molecule has 0 aromatic carbocycles. The zero-order chi connectivity index (χ0) is 8.27. The molecule has 0 spiro atoms. The molecule has 0 amide bonds. The topological polar surface area (TPSA) is 65.7 Å². The van der Waals surface area contributed by atoms with E-state index in [2.05, 4.69) is 10.1 Å². The van der Waals surface area contributed by atoms with Crippen LogP contribution in [0.25, 0.3) is 0 Å². The lowest BCUT2D eigenvalue weighted by Gasteiger charge is -1.98. The second-order valence-corrected chi connectivity index (χ2v) is 2.06. The van der Waals surface area contributed by atoms with Gasteiger partial charge in [0.05, 0.1) is 0 Å². The molecule has 0 fully saturated rings.